The number of rotatable bonds is 6. The number of likely N-dealkylation sites (N-methyl/N-ethyl adjacent to an activating group) is 1. The van der Waals surface area contributed by atoms with Gasteiger partial charge in [0.05, 0.1) is 24.9 Å². The molecule has 6 heteroatoms. The summed E-state index contributed by atoms with van der Waals surface area (Å²) < 4.78 is 7.97. The van der Waals surface area contributed by atoms with Crippen LogP contribution >= 0.6 is 0 Å². The SMILES string of the molecule is Cc1c([C@H]2[C@H](NCCO[C@@H]3CCCC[C@@H]3C)CC(=O)N2C)cnn1C. The van der Waals surface area contributed by atoms with Crippen molar-refractivity contribution < 1.29 is 9.53 Å². The number of aromatic nitrogens is 2. The van der Waals surface area contributed by atoms with Crippen LogP contribution in [-0.4, -0.2) is 52.9 Å². The number of ether oxygens (including phenoxy) is 1. The van der Waals surface area contributed by atoms with Crippen LogP contribution < -0.4 is 5.32 Å². The highest BCUT2D eigenvalue weighted by Crippen LogP contribution is 2.33. The van der Waals surface area contributed by atoms with E-state index in [1.165, 1.54) is 25.7 Å². The second-order valence-electron chi connectivity index (χ2n) is 7.69. The first-order chi connectivity index (χ1) is 12.0. The molecule has 0 radical (unpaired) electrons. The van der Waals surface area contributed by atoms with Gasteiger partial charge < -0.3 is 15.0 Å². The smallest absolute Gasteiger partial charge is 0.224 e. The second kappa shape index (κ2) is 7.87. The van der Waals surface area contributed by atoms with Gasteiger partial charge in [0, 0.05) is 44.4 Å². The van der Waals surface area contributed by atoms with Gasteiger partial charge in [-0.3, -0.25) is 9.48 Å². The summed E-state index contributed by atoms with van der Waals surface area (Å²) in [6, 6.07) is 0.169. The third-order valence-electron chi connectivity index (χ3n) is 6.05. The number of carbonyl (C=O) groups excluding carboxylic acids is 1. The number of likely N-dealkylation sites (tertiary alicyclic amines) is 1. The summed E-state index contributed by atoms with van der Waals surface area (Å²) in [4.78, 5) is 14.1. The Morgan fingerprint density at radius 1 is 1.32 bits per heavy atom. The van der Waals surface area contributed by atoms with Crippen LogP contribution in [0.25, 0.3) is 0 Å². The van der Waals surface area contributed by atoms with Crippen molar-refractivity contribution in [2.75, 3.05) is 20.2 Å². The lowest BCUT2D eigenvalue weighted by atomic mass is 9.88. The Labute approximate surface area is 150 Å². The molecule has 1 aromatic rings. The Bertz CT molecular complexity index is 600. The highest BCUT2D eigenvalue weighted by atomic mass is 16.5. The summed E-state index contributed by atoms with van der Waals surface area (Å²) in [6.07, 6.45) is 7.92. The molecule has 1 aliphatic heterocycles. The van der Waals surface area contributed by atoms with E-state index in [1.807, 2.05) is 29.9 Å². The predicted molar refractivity (Wildman–Crippen MR) is 97.2 cm³/mol. The van der Waals surface area contributed by atoms with Crippen LogP contribution in [0.3, 0.4) is 0 Å². The first kappa shape index (κ1) is 18.4. The van der Waals surface area contributed by atoms with Crippen LogP contribution in [-0.2, 0) is 16.6 Å². The van der Waals surface area contributed by atoms with Gasteiger partial charge in [-0.05, 0) is 25.7 Å². The molecule has 1 saturated heterocycles. The lowest BCUT2D eigenvalue weighted by Crippen LogP contribution is -2.38. The monoisotopic (exact) mass is 348 g/mol. The number of carbonyl (C=O) groups is 1. The predicted octanol–water partition coefficient (Wildman–Crippen LogP) is 2.19. The van der Waals surface area contributed by atoms with Crippen LogP contribution in [0.15, 0.2) is 6.20 Å². The van der Waals surface area contributed by atoms with Gasteiger partial charge in [-0.1, -0.05) is 19.8 Å². The molecule has 3 rings (SSSR count). The molecule has 4 atom stereocenters. The first-order valence-electron chi connectivity index (χ1n) is 9.58. The van der Waals surface area contributed by atoms with Gasteiger partial charge in [0.15, 0.2) is 0 Å². The average molecular weight is 348 g/mol. The molecule has 25 heavy (non-hydrogen) atoms. The van der Waals surface area contributed by atoms with Gasteiger partial charge in [0.1, 0.15) is 0 Å². The topological polar surface area (TPSA) is 59.4 Å². The van der Waals surface area contributed by atoms with Crippen LogP contribution in [0.4, 0.5) is 0 Å². The number of aryl methyl sites for hydroxylation is 1. The summed E-state index contributed by atoms with van der Waals surface area (Å²) in [5, 5.41) is 7.90. The fourth-order valence-electron chi connectivity index (χ4n) is 4.27. The van der Waals surface area contributed by atoms with E-state index in [4.69, 9.17) is 4.74 Å². The molecule has 1 N–H and O–H groups in total. The minimum Gasteiger partial charge on any atom is -0.377 e. The van der Waals surface area contributed by atoms with Gasteiger partial charge >= 0.3 is 0 Å². The molecule has 1 saturated carbocycles. The number of nitrogens with zero attached hydrogens (tertiary/aromatic N) is 3. The maximum absolute atomic E-state index is 12.2. The molecule has 0 unspecified atom stereocenters. The van der Waals surface area contributed by atoms with Crippen LogP contribution in [0, 0.1) is 12.8 Å². The Morgan fingerprint density at radius 2 is 2.08 bits per heavy atom. The molecule has 1 aliphatic carbocycles. The van der Waals surface area contributed by atoms with E-state index in [2.05, 4.69) is 24.3 Å². The summed E-state index contributed by atoms with van der Waals surface area (Å²) in [7, 11) is 3.83. The standard InChI is InChI=1S/C19H32N4O2/c1-13-7-5-6-8-17(13)25-10-9-20-16-11-18(24)22(3)19(16)15-12-21-23(4)14(15)2/h12-13,16-17,19-20H,5-11H2,1-4H3/t13-,16+,17+,19-/m0/s1. The number of hydrogen-bond donors (Lipinski definition) is 1. The molecule has 0 bridgehead atoms. The lowest BCUT2D eigenvalue weighted by Gasteiger charge is -2.29. The minimum absolute atomic E-state index is 0.0507. The molecule has 2 fully saturated rings. The largest absolute Gasteiger partial charge is 0.377 e. The third kappa shape index (κ3) is 3.90. The van der Waals surface area contributed by atoms with Crippen LogP contribution in [0.5, 0.6) is 0 Å². The maximum Gasteiger partial charge on any atom is 0.224 e. The van der Waals surface area contributed by atoms with Crippen LogP contribution in [0.1, 0.15) is 56.3 Å². The van der Waals surface area contributed by atoms with Crippen molar-refractivity contribution in [3.8, 4) is 0 Å². The zero-order valence-electron chi connectivity index (χ0n) is 16.0. The first-order valence-corrected chi connectivity index (χ1v) is 9.58. The van der Waals surface area contributed by atoms with Crippen molar-refractivity contribution in [1.29, 1.82) is 0 Å². The molecule has 1 amide bonds. The molecule has 2 aliphatic rings. The van der Waals surface area contributed by atoms with Gasteiger partial charge in [-0.2, -0.15) is 5.10 Å². The van der Waals surface area contributed by atoms with Gasteiger partial charge in [0.2, 0.25) is 5.91 Å². The van der Waals surface area contributed by atoms with Crippen molar-refractivity contribution in [3.63, 3.8) is 0 Å². The maximum atomic E-state index is 12.2. The molecule has 2 heterocycles. The summed E-state index contributed by atoms with van der Waals surface area (Å²) >= 11 is 0. The zero-order chi connectivity index (χ0) is 18.0. The fraction of sp³-hybridized carbons (Fsp3) is 0.789. The molecule has 6 nitrogen and oxygen atoms in total. The van der Waals surface area contributed by atoms with Crippen molar-refractivity contribution in [2.24, 2.45) is 13.0 Å². The molecule has 0 aromatic carbocycles. The average Bonchev–Trinajstić information content (AvgIpc) is 3.06. The van der Waals surface area contributed by atoms with Crippen molar-refractivity contribution in [3.05, 3.63) is 17.5 Å². The van der Waals surface area contributed by atoms with Crippen molar-refractivity contribution in [1.82, 2.24) is 20.0 Å². The Balaban J connectivity index is 1.55. The van der Waals surface area contributed by atoms with Gasteiger partial charge in [-0.25, -0.2) is 0 Å². The Morgan fingerprint density at radius 3 is 2.76 bits per heavy atom. The van der Waals surface area contributed by atoms with E-state index in [1.54, 1.807) is 0 Å². The zero-order valence-corrected chi connectivity index (χ0v) is 16.0. The highest BCUT2D eigenvalue weighted by Gasteiger charge is 2.39. The summed E-state index contributed by atoms with van der Waals surface area (Å²) in [5.74, 6) is 0.853. The van der Waals surface area contributed by atoms with E-state index in [9.17, 15) is 4.79 Å². The number of amides is 1. The summed E-state index contributed by atoms with van der Waals surface area (Å²) in [6.45, 7) is 5.85. The fourth-order valence-corrected chi connectivity index (χ4v) is 4.27. The van der Waals surface area contributed by atoms with Crippen molar-refractivity contribution in [2.45, 2.75) is 64.1 Å². The minimum atomic E-state index is 0.0507. The van der Waals surface area contributed by atoms with E-state index < -0.39 is 0 Å². The molecule has 140 valence electrons. The van der Waals surface area contributed by atoms with E-state index in [0.29, 0.717) is 25.0 Å². The number of nitrogens with one attached hydrogen (secondary N) is 1. The van der Waals surface area contributed by atoms with Gasteiger partial charge in [0.25, 0.3) is 0 Å². The molecular weight excluding hydrogens is 316 g/mol. The quantitative estimate of drug-likeness (QED) is 0.801. The third-order valence-corrected chi connectivity index (χ3v) is 6.05. The normalized spacial score (nSPS) is 30.2. The molecule has 1 aromatic heterocycles. The van der Waals surface area contributed by atoms with Crippen molar-refractivity contribution >= 4 is 5.91 Å². The lowest BCUT2D eigenvalue weighted by molar-refractivity contribution is -0.127. The second-order valence-corrected chi connectivity index (χ2v) is 7.69. The number of hydrogen-bond acceptors (Lipinski definition) is 4. The van der Waals surface area contributed by atoms with E-state index >= 15 is 0 Å². The summed E-state index contributed by atoms with van der Waals surface area (Å²) in [5.41, 5.74) is 2.25. The van der Waals surface area contributed by atoms with E-state index in [0.717, 1.165) is 17.8 Å². The Kier molecular flexibility index (Phi) is 5.79. The van der Waals surface area contributed by atoms with Gasteiger partial charge in [-0.15, -0.1) is 0 Å². The molecule has 0 spiro atoms. The molecular formula is C19H32N4O2. The van der Waals surface area contributed by atoms with Crippen LogP contribution in [0.2, 0.25) is 0 Å². The van der Waals surface area contributed by atoms with E-state index in [-0.39, 0.29) is 18.0 Å². The Hall–Kier alpha value is -1.40. The highest BCUT2D eigenvalue weighted by molar-refractivity contribution is 5.80.